The van der Waals surface area contributed by atoms with Crippen LogP contribution in [0.25, 0.3) is 0 Å². The Hall–Kier alpha value is -1.46. The van der Waals surface area contributed by atoms with Gasteiger partial charge in [-0.1, -0.05) is 19.8 Å². The number of hydrogen-bond donors (Lipinski definition) is 2. The number of benzene rings is 1. The van der Waals surface area contributed by atoms with Crippen molar-refractivity contribution in [2.75, 3.05) is 19.8 Å². The molecule has 0 saturated heterocycles. The average Bonchev–Trinajstić information content (AvgIpc) is 3.03. The summed E-state index contributed by atoms with van der Waals surface area (Å²) in [6.45, 7) is 5.86. The fourth-order valence-electron chi connectivity index (χ4n) is 3.12. The van der Waals surface area contributed by atoms with Gasteiger partial charge in [0.15, 0.2) is 11.5 Å². The molecule has 0 spiro atoms. The summed E-state index contributed by atoms with van der Waals surface area (Å²) in [7, 11) is 0. The monoisotopic (exact) mass is 370 g/mol. The van der Waals surface area contributed by atoms with Crippen molar-refractivity contribution in [3.05, 3.63) is 23.8 Å². The largest absolute Gasteiger partial charge is 0.490 e. The molecule has 1 aliphatic carbocycles. The van der Waals surface area contributed by atoms with Gasteiger partial charge in [0.05, 0.1) is 13.2 Å². The van der Waals surface area contributed by atoms with Crippen LogP contribution in [0.15, 0.2) is 18.2 Å². The summed E-state index contributed by atoms with van der Waals surface area (Å²) in [5.41, 5.74) is 6.39. The maximum Gasteiger partial charge on any atom is 0.251 e. The molecule has 1 amide bonds. The first-order chi connectivity index (χ1) is 11.7. The fourth-order valence-corrected chi connectivity index (χ4v) is 3.12. The molecule has 0 bridgehead atoms. The van der Waals surface area contributed by atoms with Crippen molar-refractivity contribution in [1.29, 1.82) is 0 Å². The third-order valence-electron chi connectivity index (χ3n) is 4.54. The Morgan fingerprint density at radius 3 is 2.72 bits per heavy atom. The van der Waals surface area contributed by atoms with Gasteiger partial charge in [-0.3, -0.25) is 4.79 Å². The van der Waals surface area contributed by atoms with Gasteiger partial charge in [-0.25, -0.2) is 0 Å². The molecule has 2 unspecified atom stereocenters. The number of ether oxygens (including phenoxy) is 2. The van der Waals surface area contributed by atoms with Crippen LogP contribution in [-0.4, -0.2) is 31.7 Å². The second-order valence-electron chi connectivity index (χ2n) is 6.30. The average molecular weight is 371 g/mol. The van der Waals surface area contributed by atoms with Crippen LogP contribution in [0.1, 0.15) is 56.3 Å². The summed E-state index contributed by atoms with van der Waals surface area (Å²) in [6, 6.07) is 5.57. The summed E-state index contributed by atoms with van der Waals surface area (Å²) in [5.74, 6) is 1.64. The fraction of sp³-hybridized carbons (Fsp3) is 0.632. The smallest absolute Gasteiger partial charge is 0.251 e. The van der Waals surface area contributed by atoms with Crippen LogP contribution in [-0.2, 0) is 0 Å². The van der Waals surface area contributed by atoms with Crippen LogP contribution >= 0.6 is 12.4 Å². The van der Waals surface area contributed by atoms with E-state index in [4.69, 9.17) is 15.2 Å². The minimum Gasteiger partial charge on any atom is -0.490 e. The van der Waals surface area contributed by atoms with E-state index in [-0.39, 0.29) is 24.4 Å². The van der Waals surface area contributed by atoms with Crippen molar-refractivity contribution in [3.63, 3.8) is 0 Å². The molecule has 0 aliphatic heterocycles. The molecule has 1 fully saturated rings. The lowest BCUT2D eigenvalue weighted by Crippen LogP contribution is -2.39. The second kappa shape index (κ2) is 11.2. The Morgan fingerprint density at radius 1 is 1.24 bits per heavy atom. The number of carbonyl (C=O) groups is 1. The van der Waals surface area contributed by atoms with Crippen LogP contribution in [0, 0.1) is 5.92 Å². The highest BCUT2D eigenvalue weighted by atomic mass is 35.5. The minimum atomic E-state index is -0.0681. The van der Waals surface area contributed by atoms with Gasteiger partial charge >= 0.3 is 0 Å². The lowest BCUT2D eigenvalue weighted by atomic mass is 10.0. The molecule has 1 aliphatic rings. The van der Waals surface area contributed by atoms with Crippen LogP contribution < -0.4 is 20.5 Å². The van der Waals surface area contributed by atoms with E-state index < -0.39 is 0 Å². The second-order valence-corrected chi connectivity index (χ2v) is 6.30. The zero-order chi connectivity index (χ0) is 17.4. The molecule has 0 aromatic heterocycles. The predicted octanol–water partition coefficient (Wildman–Crippen LogP) is 3.54. The lowest BCUT2D eigenvalue weighted by molar-refractivity contribution is 0.0928. The first-order valence-corrected chi connectivity index (χ1v) is 9.10. The molecule has 1 saturated carbocycles. The number of amides is 1. The molecule has 0 heterocycles. The van der Waals surface area contributed by atoms with E-state index in [2.05, 4.69) is 12.2 Å². The molecule has 6 heteroatoms. The van der Waals surface area contributed by atoms with Gasteiger partial charge in [-0.05, 0) is 56.8 Å². The van der Waals surface area contributed by atoms with Gasteiger partial charge < -0.3 is 20.5 Å². The van der Waals surface area contributed by atoms with E-state index >= 15 is 0 Å². The van der Waals surface area contributed by atoms with Gasteiger partial charge in [0.1, 0.15) is 0 Å². The van der Waals surface area contributed by atoms with E-state index in [1.165, 1.54) is 0 Å². The summed E-state index contributed by atoms with van der Waals surface area (Å²) in [6.07, 6.45) is 5.30. The molecule has 1 aromatic carbocycles. The van der Waals surface area contributed by atoms with E-state index in [0.717, 1.165) is 32.1 Å². The van der Waals surface area contributed by atoms with Gasteiger partial charge in [-0.15, -0.1) is 12.4 Å². The van der Waals surface area contributed by atoms with Crippen LogP contribution in [0.2, 0.25) is 0 Å². The Labute approximate surface area is 157 Å². The van der Waals surface area contributed by atoms with Crippen molar-refractivity contribution in [3.8, 4) is 11.5 Å². The molecule has 25 heavy (non-hydrogen) atoms. The molecule has 2 atom stereocenters. The standard InChI is InChI=1S/C19H30N2O3.ClH/c1-3-5-11-24-17-10-9-14(12-18(17)23-4-2)19(22)21-16-8-6-7-15(16)13-20;/h9-10,12,15-16H,3-8,11,13,20H2,1-2H3,(H,21,22);1H. The number of nitrogens with two attached hydrogens (primary N) is 1. The summed E-state index contributed by atoms with van der Waals surface area (Å²) < 4.78 is 11.4. The third kappa shape index (κ3) is 6.08. The van der Waals surface area contributed by atoms with Gasteiger partial charge in [0.2, 0.25) is 0 Å². The summed E-state index contributed by atoms with van der Waals surface area (Å²) >= 11 is 0. The molecule has 3 N–H and O–H groups in total. The lowest BCUT2D eigenvalue weighted by Gasteiger charge is -2.20. The van der Waals surface area contributed by atoms with Gasteiger partial charge in [-0.2, -0.15) is 0 Å². The summed E-state index contributed by atoms with van der Waals surface area (Å²) in [4.78, 5) is 12.5. The molecule has 2 rings (SSSR count). The number of unbranched alkanes of at least 4 members (excludes halogenated alkanes) is 1. The van der Waals surface area contributed by atoms with E-state index in [1.807, 2.05) is 13.0 Å². The number of carbonyl (C=O) groups excluding carboxylic acids is 1. The maximum atomic E-state index is 12.5. The molecular weight excluding hydrogens is 340 g/mol. The van der Waals surface area contributed by atoms with E-state index in [9.17, 15) is 4.79 Å². The highest BCUT2D eigenvalue weighted by Crippen LogP contribution is 2.29. The van der Waals surface area contributed by atoms with Crippen molar-refractivity contribution in [2.45, 2.75) is 52.0 Å². The Kier molecular flexibility index (Phi) is 9.68. The number of rotatable bonds is 9. The Balaban J connectivity index is 0.00000312. The molecule has 5 nitrogen and oxygen atoms in total. The van der Waals surface area contributed by atoms with Crippen LogP contribution in [0.5, 0.6) is 11.5 Å². The number of hydrogen-bond acceptors (Lipinski definition) is 4. The van der Waals surface area contributed by atoms with Gasteiger partial charge in [0, 0.05) is 11.6 Å². The Morgan fingerprint density at radius 2 is 2.04 bits per heavy atom. The normalized spacial score (nSPS) is 19.2. The highest BCUT2D eigenvalue weighted by Gasteiger charge is 2.27. The van der Waals surface area contributed by atoms with Crippen molar-refractivity contribution in [2.24, 2.45) is 11.7 Å². The van der Waals surface area contributed by atoms with Crippen LogP contribution in [0.4, 0.5) is 0 Å². The first kappa shape index (κ1) is 21.6. The molecule has 142 valence electrons. The molecule has 1 aromatic rings. The summed E-state index contributed by atoms with van der Waals surface area (Å²) in [5, 5.41) is 3.12. The predicted molar refractivity (Wildman–Crippen MR) is 103 cm³/mol. The van der Waals surface area contributed by atoms with Crippen molar-refractivity contribution in [1.82, 2.24) is 5.32 Å². The number of halogens is 1. The zero-order valence-electron chi connectivity index (χ0n) is 15.3. The SMILES string of the molecule is CCCCOc1ccc(C(=O)NC2CCCC2CN)cc1OCC.Cl. The topological polar surface area (TPSA) is 73.6 Å². The van der Waals surface area contributed by atoms with E-state index in [0.29, 0.717) is 42.7 Å². The van der Waals surface area contributed by atoms with Crippen molar-refractivity contribution < 1.29 is 14.3 Å². The molecular formula is C19H31ClN2O3. The minimum absolute atomic E-state index is 0. The quantitative estimate of drug-likeness (QED) is 0.652. The maximum absolute atomic E-state index is 12.5. The highest BCUT2D eigenvalue weighted by molar-refractivity contribution is 5.95. The van der Waals surface area contributed by atoms with Crippen LogP contribution in [0.3, 0.4) is 0 Å². The molecule has 0 radical (unpaired) electrons. The van der Waals surface area contributed by atoms with Crippen molar-refractivity contribution >= 4 is 18.3 Å². The zero-order valence-corrected chi connectivity index (χ0v) is 16.1. The number of nitrogens with one attached hydrogen (secondary N) is 1. The van der Waals surface area contributed by atoms with E-state index in [1.54, 1.807) is 12.1 Å². The Bertz CT molecular complexity index is 539. The first-order valence-electron chi connectivity index (χ1n) is 9.10. The van der Waals surface area contributed by atoms with Gasteiger partial charge in [0.25, 0.3) is 5.91 Å². The third-order valence-corrected chi connectivity index (χ3v) is 4.54.